The molecule has 0 spiro atoms. The van der Waals surface area contributed by atoms with E-state index in [1.165, 1.54) is 0 Å². The summed E-state index contributed by atoms with van der Waals surface area (Å²) in [6.07, 6.45) is 7.12. The highest BCUT2D eigenvalue weighted by Gasteiger charge is 2.54. The van der Waals surface area contributed by atoms with E-state index in [4.69, 9.17) is 9.11 Å². The minimum Gasteiger partial charge on any atom is -0.392 e. The van der Waals surface area contributed by atoms with Gasteiger partial charge in [-0.05, 0) is 12.2 Å². The lowest BCUT2D eigenvalue weighted by molar-refractivity contribution is -0.167. The molecule has 0 saturated heterocycles. The van der Waals surface area contributed by atoms with Crippen molar-refractivity contribution in [1.29, 1.82) is 0 Å². The van der Waals surface area contributed by atoms with Crippen LogP contribution in [0.4, 0.5) is 0 Å². The van der Waals surface area contributed by atoms with E-state index in [-0.39, 0.29) is 0 Å². The lowest BCUT2D eigenvalue weighted by Crippen LogP contribution is -2.51. The first-order valence-corrected chi connectivity index (χ1v) is 9.98. The van der Waals surface area contributed by atoms with Gasteiger partial charge in [0.05, 0.1) is 0 Å². The largest absolute Gasteiger partial charge is 0.392 e. The second kappa shape index (κ2) is 6.78. The van der Waals surface area contributed by atoms with E-state index in [1.807, 2.05) is 0 Å². The van der Waals surface area contributed by atoms with Crippen molar-refractivity contribution in [2.24, 2.45) is 11.8 Å². The zero-order valence-corrected chi connectivity index (χ0v) is 14.9. The van der Waals surface area contributed by atoms with E-state index >= 15 is 0 Å². The van der Waals surface area contributed by atoms with Crippen LogP contribution in [0, 0.1) is 11.8 Å². The summed E-state index contributed by atoms with van der Waals surface area (Å²) in [6, 6.07) is 0. The fraction of sp³-hybridized carbons (Fsp3) is 0.286. The van der Waals surface area contributed by atoms with Crippen LogP contribution >= 0.6 is 0 Å². The molecule has 0 aromatic heterocycles. The summed E-state index contributed by atoms with van der Waals surface area (Å²) in [4.78, 5) is 18.1. The molecular weight excluding hydrogens is 408 g/mol. The number of allylic oxidation sites excluding steroid dienone is 4. The van der Waals surface area contributed by atoms with Crippen LogP contribution in [0.2, 0.25) is 0 Å². The topological polar surface area (TPSA) is 193 Å². The molecule has 4 atom stereocenters. The average Bonchev–Trinajstić information content (AvgIpc) is 2.53. The molecule has 0 aromatic rings. The van der Waals surface area contributed by atoms with Gasteiger partial charge >= 0.3 is 11.9 Å². The predicted molar refractivity (Wildman–Crippen MR) is 87.6 cm³/mol. The first-order chi connectivity index (χ1) is 12.2. The normalized spacial score (nSPS) is 33.0. The van der Waals surface area contributed by atoms with Gasteiger partial charge in [0.1, 0.15) is 11.8 Å². The third-order valence-corrected chi connectivity index (χ3v) is 6.36. The Hall–Kier alpha value is -2.16. The number of hydrogen-bond acceptors (Lipinski definition) is 9. The van der Waals surface area contributed by atoms with Crippen molar-refractivity contribution in [2.75, 3.05) is 0 Å². The zero-order chi connectivity index (χ0) is 20.7. The van der Waals surface area contributed by atoms with Gasteiger partial charge in [0.25, 0.3) is 20.2 Å². The third-order valence-electron chi connectivity index (χ3n) is 3.93. The van der Waals surface area contributed by atoms with Crippen molar-refractivity contribution in [3.8, 4) is 0 Å². The zero-order valence-electron chi connectivity index (χ0n) is 13.2. The van der Waals surface area contributed by atoms with Gasteiger partial charge in [0, 0.05) is 0 Å². The Kier molecular flexibility index (Phi) is 5.31. The Morgan fingerprint density at radius 1 is 0.741 bits per heavy atom. The van der Waals surface area contributed by atoms with Gasteiger partial charge in [-0.3, -0.25) is 18.7 Å². The molecule has 2 aliphatic rings. The monoisotopic (exact) mass is 422 g/mol. The number of hydrogen-bond donors (Lipinski definition) is 4. The Morgan fingerprint density at radius 2 is 1.07 bits per heavy atom. The first kappa shape index (κ1) is 21.1. The number of carbonyl (C=O) groups excluding carboxylic acids is 2. The number of aliphatic hydroxyl groups is 2. The maximum absolute atomic E-state index is 12.2. The Morgan fingerprint density at radius 3 is 1.37 bits per heavy atom. The fourth-order valence-electron chi connectivity index (χ4n) is 2.43. The second-order valence-corrected chi connectivity index (χ2v) is 8.85. The maximum Gasteiger partial charge on any atom is 0.324 e. The van der Waals surface area contributed by atoms with Crippen molar-refractivity contribution in [1.82, 2.24) is 0 Å². The molecule has 4 unspecified atom stereocenters. The van der Waals surface area contributed by atoms with E-state index < -0.39 is 53.9 Å². The summed E-state index contributed by atoms with van der Waals surface area (Å²) in [5, 5.41) is 20.2. The first-order valence-electron chi connectivity index (χ1n) is 7.10. The minimum absolute atomic E-state index is 0.580. The van der Waals surface area contributed by atoms with E-state index in [9.17, 15) is 36.6 Å². The van der Waals surface area contributed by atoms with Gasteiger partial charge < -0.3 is 14.9 Å². The molecule has 0 saturated carbocycles. The smallest absolute Gasteiger partial charge is 0.324 e. The quantitative estimate of drug-likeness (QED) is 0.239. The van der Waals surface area contributed by atoms with Crippen LogP contribution in [0.15, 0.2) is 48.6 Å². The van der Waals surface area contributed by atoms with Crippen LogP contribution in [0.3, 0.4) is 0 Å². The molecule has 11 nitrogen and oxygen atoms in total. The average molecular weight is 422 g/mol. The van der Waals surface area contributed by atoms with Crippen LogP contribution in [-0.4, -0.2) is 58.0 Å². The lowest BCUT2D eigenvalue weighted by atomic mass is 9.95. The standard InChI is InChI=1S/C14H14O11S2/c15-11(9-5-1-3-7-13(9,17)26(19,20)21)25-12(16)10-6-2-4-8-14(10,18)27(22,23)24/h1-10,17-18H,(H,19,20,21)(H,22,23,24). The molecule has 2 aliphatic carbocycles. The van der Waals surface area contributed by atoms with Gasteiger partial charge in [-0.15, -0.1) is 0 Å². The predicted octanol–water partition coefficient (Wildman–Crippen LogP) is -1.31. The molecular formula is C14H14O11S2. The molecule has 4 N–H and O–H groups in total. The molecule has 27 heavy (non-hydrogen) atoms. The number of esters is 2. The molecule has 0 aromatic carbocycles. The molecule has 0 heterocycles. The van der Waals surface area contributed by atoms with Gasteiger partial charge in [0.2, 0.25) is 9.87 Å². The third kappa shape index (κ3) is 3.65. The number of carbonyl (C=O) groups is 2. The van der Waals surface area contributed by atoms with Crippen LogP contribution in [0.1, 0.15) is 0 Å². The van der Waals surface area contributed by atoms with Crippen LogP contribution in [-0.2, 0) is 34.6 Å². The van der Waals surface area contributed by atoms with Crippen molar-refractivity contribution in [3.05, 3.63) is 48.6 Å². The summed E-state index contributed by atoms with van der Waals surface area (Å²) in [5.74, 6) is -7.44. The van der Waals surface area contributed by atoms with Crippen molar-refractivity contribution in [2.45, 2.75) is 9.87 Å². The van der Waals surface area contributed by atoms with Crippen molar-refractivity contribution in [3.63, 3.8) is 0 Å². The molecule has 13 heteroatoms. The summed E-state index contributed by atoms with van der Waals surface area (Å²) < 4.78 is 68.3. The highest BCUT2D eigenvalue weighted by Crippen LogP contribution is 2.33. The second-order valence-electron chi connectivity index (χ2n) is 5.64. The number of rotatable bonds is 4. The maximum atomic E-state index is 12.2. The molecule has 0 amide bonds. The van der Waals surface area contributed by atoms with Gasteiger partial charge in [0.15, 0.2) is 0 Å². The van der Waals surface area contributed by atoms with Crippen molar-refractivity contribution >= 4 is 32.2 Å². The highest BCUT2D eigenvalue weighted by molar-refractivity contribution is 7.87. The molecule has 0 radical (unpaired) electrons. The van der Waals surface area contributed by atoms with Gasteiger partial charge in [-0.1, -0.05) is 36.5 Å². The molecule has 2 rings (SSSR count). The van der Waals surface area contributed by atoms with Gasteiger partial charge in [-0.25, -0.2) is 0 Å². The van der Waals surface area contributed by atoms with Crippen LogP contribution < -0.4 is 0 Å². The molecule has 0 bridgehead atoms. The summed E-state index contributed by atoms with van der Waals surface area (Å²) in [5.41, 5.74) is 0. The highest BCUT2D eigenvalue weighted by atomic mass is 32.2. The van der Waals surface area contributed by atoms with E-state index in [0.29, 0.717) is 12.2 Å². The Labute approximate surface area is 153 Å². The lowest BCUT2D eigenvalue weighted by Gasteiger charge is -2.31. The van der Waals surface area contributed by atoms with E-state index in [2.05, 4.69) is 4.74 Å². The van der Waals surface area contributed by atoms with E-state index in [0.717, 1.165) is 36.5 Å². The molecule has 148 valence electrons. The molecule has 0 aliphatic heterocycles. The Bertz CT molecular complexity index is 906. The fourth-order valence-corrected chi connectivity index (χ4v) is 3.93. The molecule has 0 fully saturated rings. The number of ether oxygens (including phenoxy) is 1. The van der Waals surface area contributed by atoms with Crippen LogP contribution in [0.5, 0.6) is 0 Å². The Balaban J connectivity index is 2.31. The van der Waals surface area contributed by atoms with Crippen LogP contribution in [0.25, 0.3) is 0 Å². The van der Waals surface area contributed by atoms with Gasteiger partial charge in [-0.2, -0.15) is 16.8 Å². The SMILES string of the molecule is O=C(OC(=O)C1C=CC=CC1(O)S(=O)(=O)O)C1C=CC=CC1(O)S(=O)(=O)O. The minimum atomic E-state index is -5.23. The summed E-state index contributed by atoms with van der Waals surface area (Å²) in [6.45, 7) is 0. The van der Waals surface area contributed by atoms with E-state index in [1.54, 1.807) is 0 Å². The van der Waals surface area contributed by atoms with Crippen molar-refractivity contribution < 1.29 is 50.5 Å². The summed E-state index contributed by atoms with van der Waals surface area (Å²) in [7, 11) is -10.5. The summed E-state index contributed by atoms with van der Waals surface area (Å²) >= 11 is 0.